The zero-order valence-corrected chi connectivity index (χ0v) is 26.0. The van der Waals surface area contributed by atoms with Crippen molar-refractivity contribution in [3.63, 3.8) is 0 Å². The van der Waals surface area contributed by atoms with Gasteiger partial charge in [-0.2, -0.15) is 30.6 Å². The second-order valence-electron chi connectivity index (χ2n) is 11.9. The van der Waals surface area contributed by atoms with Crippen molar-refractivity contribution in [3.05, 3.63) is 95.1 Å². The molecule has 1 atom stereocenters. The van der Waals surface area contributed by atoms with Gasteiger partial charge in [0.2, 0.25) is 10.0 Å². The average molecular weight is 685 g/mol. The number of hydrogen-bond donors (Lipinski definition) is 1. The second kappa shape index (κ2) is 13.9. The number of ether oxygens (including phenoxy) is 1. The summed E-state index contributed by atoms with van der Waals surface area (Å²) >= 11 is 0. The fraction of sp³-hybridized carbons (Fsp3) is 0.424. The fourth-order valence-electron chi connectivity index (χ4n) is 6.24. The Kier molecular flexibility index (Phi) is 10.2. The van der Waals surface area contributed by atoms with Gasteiger partial charge in [0, 0.05) is 19.6 Å². The topological polar surface area (TPSA) is 87.2 Å². The Hall–Kier alpha value is -3.62. The molecule has 0 bridgehead atoms. The van der Waals surface area contributed by atoms with Gasteiger partial charge in [-0.15, -0.1) is 0 Å². The van der Waals surface area contributed by atoms with Crippen LogP contribution >= 0.6 is 0 Å². The van der Waals surface area contributed by atoms with E-state index in [4.69, 9.17) is 4.74 Å². The van der Waals surface area contributed by atoms with Crippen LogP contribution in [0, 0.1) is 5.92 Å². The number of carbonyl (C=O) groups is 1. The molecule has 254 valence electrons. The van der Waals surface area contributed by atoms with Crippen molar-refractivity contribution in [2.45, 2.75) is 61.4 Å². The summed E-state index contributed by atoms with van der Waals surface area (Å²) in [5.41, 5.74) is -1.33. The molecule has 0 radical (unpaired) electrons. The number of benzene rings is 3. The molecule has 1 heterocycles. The minimum atomic E-state index is -4.63. The average Bonchev–Trinajstić information content (AvgIpc) is 3.04. The van der Waals surface area contributed by atoms with E-state index in [0.29, 0.717) is 18.3 Å². The number of sulfonamides is 1. The second-order valence-corrected chi connectivity index (χ2v) is 13.8. The number of alkyl halides is 6. The van der Waals surface area contributed by atoms with Gasteiger partial charge < -0.3 is 9.84 Å². The highest BCUT2D eigenvalue weighted by molar-refractivity contribution is 7.89. The third-order valence-corrected chi connectivity index (χ3v) is 10.7. The zero-order valence-electron chi connectivity index (χ0n) is 25.2. The SMILES string of the molecule is O=C(O)[C@@H]1CN(C(c2ccc(C(F)(F)F)cc2)c2ccc(C(F)(F)F)cc2)CCN1S(=O)(=O)c1ccc(OCC2CCCCC2)cc1. The highest BCUT2D eigenvalue weighted by Gasteiger charge is 2.43. The molecule has 0 spiro atoms. The lowest BCUT2D eigenvalue weighted by Crippen LogP contribution is -2.58. The maximum absolute atomic E-state index is 13.7. The summed E-state index contributed by atoms with van der Waals surface area (Å²) < 4.78 is 114. The number of nitrogens with zero attached hydrogens (tertiary/aromatic N) is 2. The minimum Gasteiger partial charge on any atom is -0.493 e. The number of rotatable bonds is 9. The van der Waals surface area contributed by atoms with Crippen LogP contribution in [0.2, 0.25) is 0 Å². The molecule has 1 N–H and O–H groups in total. The van der Waals surface area contributed by atoms with Crippen LogP contribution in [0.15, 0.2) is 77.7 Å². The predicted molar refractivity (Wildman–Crippen MR) is 160 cm³/mol. The molecule has 3 aromatic rings. The summed E-state index contributed by atoms with van der Waals surface area (Å²) in [6.45, 7) is -0.215. The number of hydrogen-bond acceptors (Lipinski definition) is 5. The van der Waals surface area contributed by atoms with Crippen molar-refractivity contribution in [3.8, 4) is 5.75 Å². The van der Waals surface area contributed by atoms with Crippen molar-refractivity contribution < 1.29 is 49.4 Å². The monoisotopic (exact) mass is 684 g/mol. The lowest BCUT2D eigenvalue weighted by atomic mass is 9.90. The maximum atomic E-state index is 13.7. The van der Waals surface area contributed by atoms with Crippen molar-refractivity contribution in [1.29, 1.82) is 0 Å². The van der Waals surface area contributed by atoms with E-state index in [0.717, 1.165) is 54.3 Å². The van der Waals surface area contributed by atoms with Crippen LogP contribution in [-0.2, 0) is 27.2 Å². The third-order valence-electron chi connectivity index (χ3n) is 8.76. The van der Waals surface area contributed by atoms with Gasteiger partial charge in [0.15, 0.2) is 0 Å². The Balaban J connectivity index is 1.39. The van der Waals surface area contributed by atoms with Crippen molar-refractivity contribution >= 4 is 16.0 Å². The van der Waals surface area contributed by atoms with Gasteiger partial charge in [0.05, 0.1) is 28.7 Å². The molecule has 47 heavy (non-hydrogen) atoms. The van der Waals surface area contributed by atoms with E-state index in [1.165, 1.54) is 55.0 Å². The molecule has 1 aliphatic heterocycles. The molecule has 0 aromatic heterocycles. The van der Waals surface area contributed by atoms with E-state index in [1.807, 2.05) is 0 Å². The van der Waals surface area contributed by atoms with Crippen molar-refractivity contribution in [1.82, 2.24) is 9.21 Å². The summed E-state index contributed by atoms with van der Waals surface area (Å²) in [4.78, 5) is 13.9. The van der Waals surface area contributed by atoms with Crippen LogP contribution in [0.25, 0.3) is 0 Å². The zero-order chi connectivity index (χ0) is 34.0. The maximum Gasteiger partial charge on any atom is 0.416 e. The number of carboxylic acid groups (broad SMARTS) is 1. The van der Waals surface area contributed by atoms with Gasteiger partial charge in [-0.05, 0) is 78.4 Å². The first-order valence-corrected chi connectivity index (χ1v) is 16.6. The van der Waals surface area contributed by atoms with E-state index >= 15 is 0 Å². The van der Waals surface area contributed by atoms with Crippen molar-refractivity contribution in [2.75, 3.05) is 26.2 Å². The van der Waals surface area contributed by atoms with Crippen LogP contribution in [0.3, 0.4) is 0 Å². The van der Waals surface area contributed by atoms with Crippen LogP contribution < -0.4 is 4.74 Å². The highest BCUT2D eigenvalue weighted by atomic mass is 32.2. The normalized spacial score (nSPS) is 19.2. The first-order chi connectivity index (χ1) is 22.1. The number of piperazine rings is 1. The first kappa shape index (κ1) is 34.7. The fourth-order valence-corrected chi connectivity index (χ4v) is 7.81. The van der Waals surface area contributed by atoms with Crippen LogP contribution in [0.4, 0.5) is 26.3 Å². The third kappa shape index (κ3) is 8.10. The molecule has 5 rings (SSSR count). The summed E-state index contributed by atoms with van der Waals surface area (Å²) in [7, 11) is -4.31. The molecule has 1 saturated heterocycles. The molecule has 7 nitrogen and oxygen atoms in total. The van der Waals surface area contributed by atoms with Gasteiger partial charge in [-0.25, -0.2) is 8.42 Å². The van der Waals surface area contributed by atoms with E-state index in [-0.39, 0.29) is 35.7 Å². The molecule has 1 aliphatic carbocycles. The minimum absolute atomic E-state index is 0.0572. The smallest absolute Gasteiger partial charge is 0.416 e. The molecular formula is C33H34F6N2O5S. The van der Waals surface area contributed by atoms with E-state index in [9.17, 15) is 44.7 Å². The summed E-state index contributed by atoms with van der Waals surface area (Å²) in [5.74, 6) is -0.525. The molecule has 3 aromatic carbocycles. The molecule has 0 amide bonds. The van der Waals surface area contributed by atoms with Crippen molar-refractivity contribution in [2.24, 2.45) is 5.92 Å². The molecule has 2 aliphatic rings. The Morgan fingerprint density at radius 1 is 0.787 bits per heavy atom. The van der Waals surface area contributed by atoms with Gasteiger partial charge in [-0.1, -0.05) is 43.5 Å². The van der Waals surface area contributed by atoms with E-state index in [1.54, 1.807) is 4.90 Å². The number of halogens is 6. The van der Waals surface area contributed by atoms with Crippen LogP contribution in [0.1, 0.15) is 60.4 Å². The lowest BCUT2D eigenvalue weighted by Gasteiger charge is -2.42. The number of aliphatic carboxylic acids is 1. The Labute approximate surface area is 268 Å². The summed E-state index contributed by atoms with van der Waals surface area (Å²) in [6, 6.07) is 11.3. The Bertz CT molecular complexity index is 1560. The summed E-state index contributed by atoms with van der Waals surface area (Å²) in [6.07, 6.45) is -3.59. The molecule has 14 heteroatoms. The Morgan fingerprint density at radius 3 is 1.77 bits per heavy atom. The highest BCUT2D eigenvalue weighted by Crippen LogP contribution is 2.37. The van der Waals surface area contributed by atoms with Gasteiger partial charge >= 0.3 is 18.3 Å². The Morgan fingerprint density at radius 2 is 1.30 bits per heavy atom. The summed E-state index contributed by atoms with van der Waals surface area (Å²) in [5, 5.41) is 10.1. The molecular weight excluding hydrogens is 650 g/mol. The quantitative estimate of drug-likeness (QED) is 0.240. The number of carboxylic acids is 1. The van der Waals surface area contributed by atoms with Gasteiger partial charge in [0.1, 0.15) is 11.8 Å². The molecule has 2 fully saturated rings. The van der Waals surface area contributed by atoms with Gasteiger partial charge in [0.25, 0.3) is 0 Å². The predicted octanol–water partition coefficient (Wildman–Crippen LogP) is 7.23. The van der Waals surface area contributed by atoms with Crippen LogP contribution in [0.5, 0.6) is 5.75 Å². The molecule has 0 unspecified atom stereocenters. The standard InChI is InChI=1S/C33H34F6N2O5S/c34-32(35,36)25-10-6-23(7-11-25)30(24-8-12-26(13-9-24)33(37,38)39)40-18-19-41(29(20-40)31(42)43)47(44,45)28-16-14-27(15-17-28)46-21-22-4-2-1-3-5-22/h6-17,22,29-30H,1-5,18-21H2,(H,42,43)/t29-/m0/s1. The van der Waals surface area contributed by atoms with E-state index in [2.05, 4.69) is 0 Å². The van der Waals surface area contributed by atoms with Crippen LogP contribution in [-0.4, -0.2) is 61.0 Å². The van der Waals surface area contributed by atoms with E-state index < -0.39 is 51.6 Å². The van der Waals surface area contributed by atoms with Gasteiger partial charge in [-0.3, -0.25) is 9.69 Å². The molecule has 1 saturated carbocycles. The lowest BCUT2D eigenvalue weighted by molar-refractivity contribution is -0.143. The first-order valence-electron chi connectivity index (χ1n) is 15.2. The largest absolute Gasteiger partial charge is 0.493 e.